The minimum absolute atomic E-state index is 0.736. The Kier molecular flexibility index (Phi) is 2.96. The van der Waals surface area contributed by atoms with Crippen molar-refractivity contribution in [3.63, 3.8) is 0 Å². The maximum absolute atomic E-state index is 5.15. The third-order valence-electron chi connectivity index (χ3n) is 2.60. The highest BCUT2D eigenvalue weighted by Gasteiger charge is 2.24. The molecule has 1 N–H and O–H groups in total. The Hall–Kier alpha value is -0.700. The van der Waals surface area contributed by atoms with Crippen molar-refractivity contribution in [2.24, 2.45) is 0 Å². The molecule has 1 heterocycles. The molecule has 1 aromatic heterocycles. The van der Waals surface area contributed by atoms with E-state index < -0.39 is 0 Å². The topological polar surface area (TPSA) is 28.7 Å². The van der Waals surface area contributed by atoms with Gasteiger partial charge in [-0.1, -0.05) is 25.6 Å². The van der Waals surface area contributed by atoms with Crippen LogP contribution in [0, 0.1) is 4.64 Å². The number of hydrogen-bond donors (Lipinski definition) is 1. The van der Waals surface area contributed by atoms with Crippen molar-refractivity contribution in [1.82, 2.24) is 9.97 Å². The molecule has 0 radical (unpaired) electrons. The number of hydrogen-bond acceptors (Lipinski definition) is 2. The van der Waals surface area contributed by atoms with Gasteiger partial charge in [0.15, 0.2) is 0 Å². The van der Waals surface area contributed by atoms with Gasteiger partial charge in [-0.2, -0.15) is 0 Å². The first-order chi connectivity index (χ1) is 6.79. The monoisotopic (exact) mass is 208 g/mol. The van der Waals surface area contributed by atoms with Crippen molar-refractivity contribution in [2.45, 2.75) is 44.9 Å². The molecule has 0 amide bonds. The zero-order valence-corrected chi connectivity index (χ0v) is 9.36. The van der Waals surface area contributed by atoms with Crippen LogP contribution >= 0.6 is 12.2 Å². The summed E-state index contributed by atoms with van der Waals surface area (Å²) in [5.74, 6) is 1.81. The molecule has 1 aliphatic carbocycles. The van der Waals surface area contributed by atoms with Crippen LogP contribution in [-0.4, -0.2) is 9.97 Å². The highest BCUT2D eigenvalue weighted by atomic mass is 32.1. The lowest BCUT2D eigenvalue weighted by atomic mass is 10.2. The molecule has 0 atom stereocenters. The summed E-state index contributed by atoms with van der Waals surface area (Å²) in [4.78, 5) is 7.74. The summed E-state index contributed by atoms with van der Waals surface area (Å²) < 4.78 is 0.747. The van der Waals surface area contributed by atoms with Gasteiger partial charge in [-0.15, -0.1) is 0 Å². The Labute approximate surface area is 89.8 Å². The molecule has 2 nitrogen and oxygen atoms in total. The summed E-state index contributed by atoms with van der Waals surface area (Å²) in [5.41, 5.74) is 1.30. The lowest BCUT2D eigenvalue weighted by molar-refractivity contribution is 0.741. The fourth-order valence-corrected chi connectivity index (χ4v) is 1.84. The van der Waals surface area contributed by atoms with Gasteiger partial charge in [0.1, 0.15) is 10.5 Å². The van der Waals surface area contributed by atoms with Crippen LogP contribution in [0.1, 0.15) is 50.0 Å². The van der Waals surface area contributed by atoms with E-state index in [1.54, 1.807) is 0 Å². The number of unbranched alkanes of at least 4 members (excludes halogenated alkanes) is 1. The van der Waals surface area contributed by atoms with Crippen LogP contribution < -0.4 is 0 Å². The van der Waals surface area contributed by atoms with E-state index in [1.807, 2.05) is 6.07 Å². The van der Waals surface area contributed by atoms with Gasteiger partial charge >= 0.3 is 0 Å². The van der Waals surface area contributed by atoms with Crippen LogP contribution in [0.4, 0.5) is 0 Å². The van der Waals surface area contributed by atoms with Crippen LogP contribution in [-0.2, 0) is 6.42 Å². The predicted molar refractivity (Wildman–Crippen MR) is 60.0 cm³/mol. The second-order valence-corrected chi connectivity index (χ2v) is 4.42. The first-order valence-corrected chi connectivity index (χ1v) is 5.80. The van der Waals surface area contributed by atoms with E-state index in [0.717, 1.165) is 22.8 Å². The Morgan fingerprint density at radius 1 is 1.57 bits per heavy atom. The molecule has 1 fully saturated rings. The number of aryl methyl sites for hydroxylation is 1. The van der Waals surface area contributed by atoms with Gasteiger partial charge in [0, 0.05) is 12.1 Å². The molecule has 3 heteroatoms. The van der Waals surface area contributed by atoms with Gasteiger partial charge in [0.2, 0.25) is 0 Å². The second kappa shape index (κ2) is 4.22. The Balaban J connectivity index is 2.18. The van der Waals surface area contributed by atoms with Crippen LogP contribution in [0.15, 0.2) is 6.07 Å². The summed E-state index contributed by atoms with van der Waals surface area (Å²) in [6, 6.07) is 2.02. The van der Waals surface area contributed by atoms with Gasteiger partial charge in [-0.3, -0.25) is 0 Å². The van der Waals surface area contributed by atoms with E-state index in [1.165, 1.54) is 31.4 Å². The Bertz CT molecular complexity index is 366. The van der Waals surface area contributed by atoms with E-state index >= 15 is 0 Å². The van der Waals surface area contributed by atoms with Gasteiger partial charge in [-0.25, -0.2) is 4.98 Å². The number of nitrogens with zero attached hydrogens (tertiary/aromatic N) is 1. The maximum atomic E-state index is 5.15. The van der Waals surface area contributed by atoms with Crippen LogP contribution in [0.3, 0.4) is 0 Å². The third-order valence-corrected chi connectivity index (χ3v) is 2.81. The number of aromatic amines is 1. The summed E-state index contributed by atoms with van der Waals surface area (Å²) in [5, 5.41) is 0. The molecule has 0 spiro atoms. The van der Waals surface area contributed by atoms with Crippen molar-refractivity contribution >= 4 is 12.2 Å². The van der Waals surface area contributed by atoms with E-state index in [2.05, 4.69) is 16.9 Å². The molecule has 14 heavy (non-hydrogen) atoms. The molecule has 1 aliphatic rings. The Morgan fingerprint density at radius 3 is 3.00 bits per heavy atom. The number of nitrogens with one attached hydrogen (secondary N) is 1. The summed E-state index contributed by atoms with van der Waals surface area (Å²) in [6.07, 6.45) is 6.04. The first-order valence-electron chi connectivity index (χ1n) is 5.39. The zero-order chi connectivity index (χ0) is 9.97. The van der Waals surface area contributed by atoms with Gasteiger partial charge in [-0.05, 0) is 31.2 Å². The molecule has 0 aliphatic heterocycles. The summed E-state index contributed by atoms with van der Waals surface area (Å²) >= 11 is 5.15. The molecule has 2 rings (SSSR count). The number of aromatic nitrogens is 2. The smallest absolute Gasteiger partial charge is 0.129 e. The molecule has 0 bridgehead atoms. The molecular weight excluding hydrogens is 192 g/mol. The first kappa shape index (κ1) is 9.84. The number of rotatable bonds is 4. The molecule has 76 valence electrons. The highest BCUT2D eigenvalue weighted by molar-refractivity contribution is 7.71. The van der Waals surface area contributed by atoms with E-state index in [9.17, 15) is 0 Å². The lowest BCUT2D eigenvalue weighted by Crippen LogP contribution is -1.98. The molecule has 1 saturated carbocycles. The fourth-order valence-electron chi connectivity index (χ4n) is 1.61. The highest BCUT2D eigenvalue weighted by Crippen LogP contribution is 2.38. The van der Waals surface area contributed by atoms with Crippen LogP contribution in [0.2, 0.25) is 0 Å². The maximum Gasteiger partial charge on any atom is 0.129 e. The quantitative estimate of drug-likeness (QED) is 0.769. The van der Waals surface area contributed by atoms with E-state index in [0.29, 0.717) is 0 Å². The van der Waals surface area contributed by atoms with Crippen molar-refractivity contribution in [1.29, 1.82) is 0 Å². The van der Waals surface area contributed by atoms with Crippen LogP contribution in [0.25, 0.3) is 0 Å². The van der Waals surface area contributed by atoms with Crippen molar-refractivity contribution < 1.29 is 0 Å². The zero-order valence-electron chi connectivity index (χ0n) is 8.55. The SMILES string of the molecule is CCCCc1nc(=S)cc(C2CC2)[nH]1. The van der Waals surface area contributed by atoms with Gasteiger partial charge < -0.3 is 4.98 Å². The molecule has 0 saturated heterocycles. The Morgan fingerprint density at radius 2 is 2.36 bits per heavy atom. The second-order valence-electron chi connectivity index (χ2n) is 4.00. The normalized spacial score (nSPS) is 15.8. The molecule has 1 aromatic rings. The van der Waals surface area contributed by atoms with Gasteiger partial charge in [0.05, 0.1) is 0 Å². The third kappa shape index (κ3) is 2.41. The molecule has 0 unspecified atom stereocenters. The molecule has 0 aromatic carbocycles. The fraction of sp³-hybridized carbons (Fsp3) is 0.636. The summed E-state index contributed by atoms with van der Waals surface area (Å²) in [7, 11) is 0. The van der Waals surface area contributed by atoms with Crippen molar-refractivity contribution in [3.8, 4) is 0 Å². The van der Waals surface area contributed by atoms with Crippen molar-refractivity contribution in [3.05, 3.63) is 22.2 Å². The van der Waals surface area contributed by atoms with Crippen molar-refractivity contribution in [2.75, 3.05) is 0 Å². The van der Waals surface area contributed by atoms with E-state index in [-0.39, 0.29) is 0 Å². The lowest BCUT2D eigenvalue weighted by Gasteiger charge is -2.03. The summed E-state index contributed by atoms with van der Waals surface area (Å²) in [6.45, 7) is 2.19. The average molecular weight is 208 g/mol. The largest absolute Gasteiger partial charge is 0.347 e. The predicted octanol–water partition coefficient (Wildman–Crippen LogP) is 3.36. The molecular formula is C11H16N2S. The average Bonchev–Trinajstić information content (AvgIpc) is 2.97. The standard InChI is InChI=1S/C11H16N2S/c1-2-3-4-10-12-9(8-5-6-8)7-11(14)13-10/h7-8H,2-6H2,1H3,(H,12,13,14). The minimum Gasteiger partial charge on any atom is -0.347 e. The van der Waals surface area contributed by atoms with E-state index in [4.69, 9.17) is 12.2 Å². The van der Waals surface area contributed by atoms with Gasteiger partial charge in [0.25, 0.3) is 0 Å². The minimum atomic E-state index is 0.736. The van der Waals surface area contributed by atoms with Crippen LogP contribution in [0.5, 0.6) is 0 Å². The number of H-pyrrole nitrogens is 1.